The number of aryl methyl sites for hydroxylation is 1. The maximum absolute atomic E-state index is 11.1. The van der Waals surface area contributed by atoms with Gasteiger partial charge in [-0.3, -0.25) is 10.1 Å². The number of rotatable bonds is 5. The average Bonchev–Trinajstić information content (AvgIpc) is 2.45. The molecule has 0 fully saturated rings. The monoisotopic (exact) mass is 287 g/mol. The topological polar surface area (TPSA) is 89.7 Å². The zero-order chi connectivity index (χ0) is 15.4. The molecule has 0 saturated heterocycles. The second-order valence-corrected chi connectivity index (χ2v) is 4.48. The molecule has 2 aromatic rings. The quantitative estimate of drug-likeness (QED) is 0.673. The smallest absolute Gasteiger partial charge is 0.339 e. The molecule has 0 heterocycles. The van der Waals surface area contributed by atoms with E-state index in [-0.39, 0.29) is 23.6 Å². The van der Waals surface area contributed by atoms with Crippen LogP contribution >= 0.6 is 0 Å². The molecule has 1 N–H and O–H groups in total. The largest absolute Gasteiger partial charge is 0.488 e. The van der Waals surface area contributed by atoms with Crippen molar-refractivity contribution in [2.45, 2.75) is 13.5 Å². The molecule has 0 amide bonds. The lowest BCUT2D eigenvalue weighted by Gasteiger charge is -2.10. The lowest BCUT2D eigenvalue weighted by atomic mass is 10.1. The highest BCUT2D eigenvalue weighted by Crippen LogP contribution is 2.24. The molecule has 0 radical (unpaired) electrons. The first-order chi connectivity index (χ1) is 9.99. The van der Waals surface area contributed by atoms with Crippen molar-refractivity contribution < 1.29 is 19.6 Å². The minimum absolute atomic E-state index is 0.0270. The van der Waals surface area contributed by atoms with Gasteiger partial charge in [0.05, 0.1) is 10.5 Å². The van der Waals surface area contributed by atoms with Gasteiger partial charge in [-0.15, -0.1) is 0 Å². The molecule has 2 aromatic carbocycles. The average molecular weight is 287 g/mol. The van der Waals surface area contributed by atoms with Gasteiger partial charge >= 0.3 is 5.97 Å². The van der Waals surface area contributed by atoms with Crippen molar-refractivity contribution >= 4 is 11.7 Å². The first-order valence-electron chi connectivity index (χ1n) is 6.18. The van der Waals surface area contributed by atoms with Crippen LogP contribution in [-0.2, 0) is 6.61 Å². The Hall–Kier alpha value is -2.89. The molecule has 6 nitrogen and oxygen atoms in total. The van der Waals surface area contributed by atoms with E-state index in [0.29, 0.717) is 5.56 Å². The van der Waals surface area contributed by atoms with Crippen LogP contribution < -0.4 is 4.74 Å². The zero-order valence-electron chi connectivity index (χ0n) is 11.3. The molecule has 21 heavy (non-hydrogen) atoms. The highest BCUT2D eigenvalue weighted by molar-refractivity contribution is 5.90. The third-order valence-electron chi connectivity index (χ3n) is 2.94. The van der Waals surface area contributed by atoms with Crippen LogP contribution in [0.15, 0.2) is 42.5 Å². The molecule has 0 atom stereocenters. The first kappa shape index (κ1) is 14.5. The number of carbonyl (C=O) groups is 1. The van der Waals surface area contributed by atoms with E-state index in [1.807, 2.05) is 6.92 Å². The molecule has 0 bridgehead atoms. The molecule has 0 aliphatic heterocycles. The van der Waals surface area contributed by atoms with Gasteiger partial charge in [0.25, 0.3) is 5.69 Å². The predicted octanol–water partition coefficient (Wildman–Crippen LogP) is 3.18. The summed E-state index contributed by atoms with van der Waals surface area (Å²) in [5.74, 6) is -0.909. The van der Waals surface area contributed by atoms with Crippen molar-refractivity contribution in [3.8, 4) is 5.75 Å². The minimum Gasteiger partial charge on any atom is -0.488 e. The van der Waals surface area contributed by atoms with Gasteiger partial charge in [-0.2, -0.15) is 0 Å². The molecule has 0 aromatic heterocycles. The summed E-state index contributed by atoms with van der Waals surface area (Å²) in [6, 6.07) is 10.9. The predicted molar refractivity (Wildman–Crippen MR) is 75.6 cm³/mol. The van der Waals surface area contributed by atoms with Gasteiger partial charge in [-0.1, -0.05) is 18.2 Å². The van der Waals surface area contributed by atoms with Gasteiger partial charge in [-0.05, 0) is 30.7 Å². The highest BCUT2D eigenvalue weighted by Gasteiger charge is 2.15. The van der Waals surface area contributed by atoms with E-state index in [0.717, 1.165) is 5.56 Å². The van der Waals surface area contributed by atoms with E-state index < -0.39 is 10.9 Å². The summed E-state index contributed by atoms with van der Waals surface area (Å²) in [6.45, 7) is 1.74. The minimum atomic E-state index is -1.10. The zero-order valence-corrected chi connectivity index (χ0v) is 11.3. The Morgan fingerprint density at radius 2 is 2.00 bits per heavy atom. The second-order valence-electron chi connectivity index (χ2n) is 4.48. The van der Waals surface area contributed by atoms with E-state index in [4.69, 9.17) is 9.84 Å². The standard InChI is InChI=1S/C15H13NO5/c1-10-6-7-12(15(17)18)14(8-10)21-9-11-4-2-3-5-13(11)16(19)20/h2-8H,9H2,1H3,(H,17,18). The molecule has 0 aliphatic carbocycles. The van der Waals surface area contributed by atoms with E-state index in [2.05, 4.69) is 0 Å². The Kier molecular flexibility index (Phi) is 4.18. The number of carboxylic acids is 1. The Balaban J connectivity index is 2.27. The number of ether oxygens (including phenoxy) is 1. The van der Waals surface area contributed by atoms with Crippen LogP contribution in [0.5, 0.6) is 5.75 Å². The van der Waals surface area contributed by atoms with Crippen molar-refractivity contribution in [3.63, 3.8) is 0 Å². The number of nitrogens with zero attached hydrogens (tertiary/aromatic N) is 1. The van der Waals surface area contributed by atoms with E-state index in [1.165, 1.54) is 12.1 Å². The lowest BCUT2D eigenvalue weighted by molar-refractivity contribution is -0.385. The summed E-state index contributed by atoms with van der Waals surface area (Å²) in [5, 5.41) is 20.0. The SMILES string of the molecule is Cc1ccc(C(=O)O)c(OCc2ccccc2[N+](=O)[O-])c1. The molecule has 2 rings (SSSR count). The summed E-state index contributed by atoms with van der Waals surface area (Å²) in [6.07, 6.45) is 0. The molecule has 0 unspecified atom stereocenters. The first-order valence-corrected chi connectivity index (χ1v) is 6.18. The van der Waals surface area contributed by atoms with Crippen LogP contribution in [-0.4, -0.2) is 16.0 Å². The summed E-state index contributed by atoms with van der Waals surface area (Å²) in [4.78, 5) is 21.6. The van der Waals surface area contributed by atoms with Crippen LogP contribution in [0.25, 0.3) is 0 Å². The van der Waals surface area contributed by atoms with Gasteiger partial charge in [-0.25, -0.2) is 4.79 Å². The number of hydrogen-bond acceptors (Lipinski definition) is 4. The van der Waals surface area contributed by atoms with Crippen LogP contribution in [0.4, 0.5) is 5.69 Å². The van der Waals surface area contributed by atoms with E-state index >= 15 is 0 Å². The number of aromatic carboxylic acids is 1. The van der Waals surface area contributed by atoms with E-state index in [9.17, 15) is 14.9 Å². The van der Waals surface area contributed by atoms with E-state index in [1.54, 1.807) is 30.3 Å². The molecule has 0 aliphatic rings. The Morgan fingerprint density at radius 3 is 2.67 bits per heavy atom. The van der Waals surface area contributed by atoms with Crippen molar-refractivity contribution in [1.82, 2.24) is 0 Å². The van der Waals surface area contributed by atoms with Crippen LogP contribution in [0.2, 0.25) is 0 Å². The Morgan fingerprint density at radius 1 is 1.29 bits per heavy atom. The number of nitro benzene ring substituents is 1. The molecule has 0 spiro atoms. The summed E-state index contributed by atoms with van der Waals surface area (Å²) in [5.41, 5.74) is 1.21. The van der Waals surface area contributed by atoms with Gasteiger partial charge < -0.3 is 9.84 Å². The third kappa shape index (κ3) is 3.36. The summed E-state index contributed by atoms with van der Waals surface area (Å²) in [7, 11) is 0. The van der Waals surface area contributed by atoms with Crippen LogP contribution in [0, 0.1) is 17.0 Å². The van der Waals surface area contributed by atoms with Crippen molar-refractivity contribution in [2.75, 3.05) is 0 Å². The number of benzene rings is 2. The molecular formula is C15H13NO5. The fourth-order valence-electron chi connectivity index (χ4n) is 1.89. The summed E-state index contributed by atoms with van der Waals surface area (Å²) < 4.78 is 5.47. The number of nitro groups is 1. The van der Waals surface area contributed by atoms with Gasteiger partial charge in [0.2, 0.25) is 0 Å². The number of carboxylic acid groups (broad SMARTS) is 1. The fraction of sp³-hybridized carbons (Fsp3) is 0.133. The normalized spacial score (nSPS) is 10.1. The Labute approximate surface area is 120 Å². The molecule has 6 heteroatoms. The molecular weight excluding hydrogens is 274 g/mol. The molecule has 108 valence electrons. The van der Waals surface area contributed by atoms with Gasteiger partial charge in [0.1, 0.15) is 17.9 Å². The van der Waals surface area contributed by atoms with Gasteiger partial charge in [0, 0.05) is 6.07 Å². The number of hydrogen-bond donors (Lipinski definition) is 1. The van der Waals surface area contributed by atoms with Crippen LogP contribution in [0.1, 0.15) is 21.5 Å². The third-order valence-corrected chi connectivity index (χ3v) is 2.94. The van der Waals surface area contributed by atoms with Crippen molar-refractivity contribution in [2.24, 2.45) is 0 Å². The number of para-hydroxylation sites is 1. The van der Waals surface area contributed by atoms with Crippen molar-refractivity contribution in [3.05, 3.63) is 69.3 Å². The Bertz CT molecular complexity index is 696. The van der Waals surface area contributed by atoms with Crippen molar-refractivity contribution in [1.29, 1.82) is 0 Å². The lowest BCUT2D eigenvalue weighted by Crippen LogP contribution is -2.05. The fourth-order valence-corrected chi connectivity index (χ4v) is 1.89. The second kappa shape index (κ2) is 6.04. The van der Waals surface area contributed by atoms with Crippen LogP contribution in [0.3, 0.4) is 0 Å². The summed E-state index contributed by atoms with van der Waals surface area (Å²) >= 11 is 0. The highest BCUT2D eigenvalue weighted by atomic mass is 16.6. The maximum atomic E-state index is 11.1. The molecule has 0 saturated carbocycles. The van der Waals surface area contributed by atoms with Gasteiger partial charge in [0.15, 0.2) is 0 Å². The maximum Gasteiger partial charge on any atom is 0.339 e.